The van der Waals surface area contributed by atoms with Crippen molar-refractivity contribution in [2.75, 3.05) is 24.4 Å². The maximum Gasteiger partial charge on any atom is 0.254 e. The van der Waals surface area contributed by atoms with Crippen molar-refractivity contribution < 1.29 is 36.3 Å². The Morgan fingerprint density at radius 1 is 1.03 bits per heavy atom. The molecule has 1 aliphatic heterocycles. The highest BCUT2D eigenvalue weighted by molar-refractivity contribution is 7.80. The lowest BCUT2D eigenvalue weighted by molar-refractivity contribution is -0.130. The Kier molecular flexibility index (Phi) is 7.01. The quantitative estimate of drug-likeness (QED) is 0.269. The lowest BCUT2D eigenvalue weighted by Gasteiger charge is -2.26. The van der Waals surface area contributed by atoms with Crippen LogP contribution in [0.15, 0.2) is 24.3 Å². The number of methoxy groups -OCH3 is 1. The van der Waals surface area contributed by atoms with Gasteiger partial charge in [-0.1, -0.05) is 0 Å². The largest absolute Gasteiger partial charge is 0.497 e. The third kappa shape index (κ3) is 4.53. The molecule has 0 aromatic heterocycles. The third-order valence-corrected chi connectivity index (χ3v) is 5.23. The van der Waals surface area contributed by atoms with Crippen LogP contribution >= 0.6 is 12.2 Å². The van der Waals surface area contributed by atoms with E-state index in [0.29, 0.717) is 11.4 Å². The van der Waals surface area contributed by atoms with Crippen LogP contribution in [0.4, 0.5) is 33.3 Å². The minimum Gasteiger partial charge on any atom is -0.497 e. The summed E-state index contributed by atoms with van der Waals surface area (Å²) in [5.74, 6) is -11.8. The summed E-state index contributed by atoms with van der Waals surface area (Å²) in [5, 5.41) is 2.97. The van der Waals surface area contributed by atoms with Crippen molar-refractivity contribution in [2.45, 2.75) is 19.4 Å². The van der Waals surface area contributed by atoms with Crippen molar-refractivity contribution >= 4 is 40.5 Å². The van der Waals surface area contributed by atoms with E-state index in [4.69, 9.17) is 17.0 Å². The molecular weight excluding hydrogens is 471 g/mol. The number of hydrazine groups is 1. The van der Waals surface area contributed by atoms with E-state index in [2.05, 4.69) is 5.32 Å². The van der Waals surface area contributed by atoms with E-state index in [-0.39, 0.29) is 11.7 Å². The molecule has 33 heavy (non-hydrogen) atoms. The van der Waals surface area contributed by atoms with Gasteiger partial charge in [0.1, 0.15) is 17.5 Å². The van der Waals surface area contributed by atoms with Crippen molar-refractivity contribution in [2.24, 2.45) is 0 Å². The molecule has 2 aromatic rings. The van der Waals surface area contributed by atoms with E-state index in [1.54, 1.807) is 31.2 Å². The van der Waals surface area contributed by atoms with Crippen LogP contribution in [0.3, 0.4) is 0 Å². The van der Waals surface area contributed by atoms with Crippen molar-refractivity contribution in [1.29, 1.82) is 0 Å². The van der Waals surface area contributed by atoms with Gasteiger partial charge in [-0.05, 0) is 43.4 Å². The van der Waals surface area contributed by atoms with Crippen molar-refractivity contribution in [3.8, 4) is 5.75 Å². The van der Waals surface area contributed by atoms with Crippen LogP contribution in [-0.2, 0) is 9.59 Å². The number of ether oxygens (including phenoxy) is 1. The summed E-state index contributed by atoms with van der Waals surface area (Å²) in [5.41, 5.74) is 0.974. The first-order valence-electron chi connectivity index (χ1n) is 9.47. The number of carbonyl (C=O) groups is 2. The van der Waals surface area contributed by atoms with E-state index < -0.39 is 59.1 Å². The summed E-state index contributed by atoms with van der Waals surface area (Å²) in [6.07, 6.45) is -0.538. The molecule has 1 unspecified atom stereocenters. The molecule has 13 heteroatoms. The fraction of sp³-hybridized carbons (Fsp3) is 0.250. The standard InChI is InChI=1S/C20H17F5N4O3S/c1-3-28-19(31)11(8-12(30)26-9-4-6-10(32-2)7-5-9)29(20(28)33)27-18-16(24)14(22)13(21)15(23)17(18)25/h4-7,11,27H,3,8H2,1-2H3,(H,26,30). The maximum atomic E-state index is 14.2. The Morgan fingerprint density at radius 2 is 1.58 bits per heavy atom. The minimum atomic E-state index is -2.33. The average Bonchev–Trinajstić information content (AvgIpc) is 3.02. The highest BCUT2D eigenvalue weighted by Gasteiger charge is 2.44. The number of anilines is 2. The van der Waals surface area contributed by atoms with Crippen LogP contribution in [0.5, 0.6) is 5.75 Å². The van der Waals surface area contributed by atoms with Gasteiger partial charge in [-0.15, -0.1) is 0 Å². The van der Waals surface area contributed by atoms with Crippen LogP contribution in [0.25, 0.3) is 0 Å². The predicted molar refractivity (Wildman–Crippen MR) is 112 cm³/mol. The Morgan fingerprint density at radius 3 is 2.09 bits per heavy atom. The van der Waals surface area contributed by atoms with Crippen LogP contribution in [0, 0.1) is 29.1 Å². The van der Waals surface area contributed by atoms with Gasteiger partial charge in [0.25, 0.3) is 5.91 Å². The van der Waals surface area contributed by atoms with Gasteiger partial charge in [0.15, 0.2) is 28.4 Å². The summed E-state index contributed by atoms with van der Waals surface area (Å²) in [6, 6.07) is 4.84. The van der Waals surface area contributed by atoms with Crippen LogP contribution < -0.4 is 15.5 Å². The second-order valence-electron chi connectivity index (χ2n) is 6.79. The molecular formula is C20H17F5N4O3S. The molecule has 0 spiro atoms. The Bertz CT molecular complexity index is 1090. The monoisotopic (exact) mass is 488 g/mol. The molecule has 7 nitrogen and oxygen atoms in total. The maximum absolute atomic E-state index is 14.2. The normalized spacial score (nSPS) is 15.8. The summed E-state index contributed by atoms with van der Waals surface area (Å²) >= 11 is 5.12. The molecule has 0 saturated carbocycles. The number of hydrogen-bond acceptors (Lipinski definition) is 5. The summed E-state index contributed by atoms with van der Waals surface area (Å²) in [7, 11) is 1.47. The number of halogens is 5. The third-order valence-electron chi connectivity index (χ3n) is 4.81. The number of nitrogens with zero attached hydrogens (tertiary/aromatic N) is 2. The first kappa shape index (κ1) is 24.2. The van der Waals surface area contributed by atoms with Gasteiger partial charge in [0, 0.05) is 12.2 Å². The number of carbonyl (C=O) groups excluding carboxylic acids is 2. The van der Waals surface area contributed by atoms with Gasteiger partial charge in [-0.2, -0.15) is 0 Å². The van der Waals surface area contributed by atoms with Gasteiger partial charge in [0.2, 0.25) is 11.7 Å². The van der Waals surface area contributed by atoms with Crippen LogP contribution in [-0.4, -0.2) is 46.5 Å². The van der Waals surface area contributed by atoms with E-state index in [0.717, 1.165) is 9.91 Å². The Labute approximate surface area is 190 Å². The molecule has 1 saturated heterocycles. The Balaban J connectivity index is 1.87. The van der Waals surface area contributed by atoms with Gasteiger partial charge in [0.05, 0.1) is 13.5 Å². The minimum absolute atomic E-state index is 0.0452. The molecule has 2 N–H and O–H groups in total. The molecule has 3 rings (SSSR count). The number of benzene rings is 2. The van der Waals surface area contributed by atoms with E-state index in [1.807, 2.05) is 5.43 Å². The molecule has 0 aliphatic carbocycles. The molecule has 2 aromatic carbocycles. The first-order valence-corrected chi connectivity index (χ1v) is 9.88. The fourth-order valence-corrected chi connectivity index (χ4v) is 3.52. The summed E-state index contributed by atoms with van der Waals surface area (Å²) < 4.78 is 73.9. The Hall–Kier alpha value is -3.48. The number of likely N-dealkylation sites (N-methyl/N-ethyl adjacent to an activating group) is 1. The van der Waals surface area contributed by atoms with Gasteiger partial charge in [-0.3, -0.25) is 19.9 Å². The zero-order chi connectivity index (χ0) is 24.4. The lowest BCUT2D eigenvalue weighted by atomic mass is 10.2. The van der Waals surface area contributed by atoms with Gasteiger partial charge < -0.3 is 10.1 Å². The topological polar surface area (TPSA) is 73.9 Å². The van der Waals surface area contributed by atoms with Crippen molar-refractivity contribution in [3.05, 3.63) is 53.4 Å². The smallest absolute Gasteiger partial charge is 0.254 e. The van der Waals surface area contributed by atoms with Crippen molar-refractivity contribution in [1.82, 2.24) is 9.91 Å². The van der Waals surface area contributed by atoms with Crippen LogP contribution in [0.1, 0.15) is 13.3 Å². The highest BCUT2D eigenvalue weighted by Crippen LogP contribution is 2.30. The zero-order valence-corrected chi connectivity index (χ0v) is 18.0. The van der Waals surface area contributed by atoms with E-state index in [9.17, 15) is 31.5 Å². The molecule has 0 radical (unpaired) electrons. The fourth-order valence-electron chi connectivity index (χ4n) is 3.13. The van der Waals surface area contributed by atoms with E-state index >= 15 is 0 Å². The average molecular weight is 488 g/mol. The molecule has 0 bridgehead atoms. The predicted octanol–water partition coefficient (Wildman–Crippen LogP) is 3.56. The second-order valence-corrected chi connectivity index (χ2v) is 7.15. The van der Waals surface area contributed by atoms with Crippen LogP contribution in [0.2, 0.25) is 0 Å². The molecule has 1 atom stereocenters. The number of rotatable bonds is 7. The number of thiocarbonyl (C=S) groups is 1. The number of amides is 2. The highest BCUT2D eigenvalue weighted by atomic mass is 32.1. The van der Waals surface area contributed by atoms with Crippen molar-refractivity contribution in [3.63, 3.8) is 0 Å². The molecule has 1 aliphatic rings. The SMILES string of the molecule is CCN1C(=O)C(CC(=O)Nc2ccc(OC)cc2)N(Nc2c(F)c(F)c(F)c(F)c2F)C1=S. The number of hydrogen-bond donors (Lipinski definition) is 2. The summed E-state index contributed by atoms with van der Waals surface area (Å²) in [4.78, 5) is 26.3. The molecule has 1 fully saturated rings. The summed E-state index contributed by atoms with van der Waals surface area (Å²) in [6.45, 7) is 1.60. The molecule has 176 valence electrons. The molecule has 2 amide bonds. The molecule has 1 heterocycles. The zero-order valence-electron chi connectivity index (χ0n) is 17.2. The lowest BCUT2D eigenvalue weighted by Crippen LogP contribution is -2.42. The number of nitrogens with one attached hydrogen (secondary N) is 2. The second kappa shape index (κ2) is 9.57. The van der Waals surface area contributed by atoms with Gasteiger partial charge in [-0.25, -0.2) is 27.0 Å². The first-order chi connectivity index (χ1) is 15.6. The van der Waals surface area contributed by atoms with E-state index in [1.165, 1.54) is 7.11 Å². The van der Waals surface area contributed by atoms with Gasteiger partial charge >= 0.3 is 0 Å².